The van der Waals surface area contributed by atoms with Gasteiger partial charge in [0.15, 0.2) is 0 Å². The highest BCUT2D eigenvalue weighted by Crippen LogP contribution is 2.26. The normalized spacial score (nSPS) is 11.2. The van der Waals surface area contributed by atoms with Crippen molar-refractivity contribution in [3.05, 3.63) is 47.8 Å². The smallest absolute Gasteiger partial charge is 0.265 e. The first kappa shape index (κ1) is 15.3. The molecule has 7 heteroatoms. The molecule has 0 radical (unpaired) electrons. The van der Waals surface area contributed by atoms with Crippen LogP contribution in [0.5, 0.6) is 5.75 Å². The van der Waals surface area contributed by atoms with E-state index in [0.717, 1.165) is 5.69 Å². The topological polar surface area (TPSA) is 88.5 Å². The fraction of sp³-hybridized carbons (Fsp3) is 0.214. The number of benzene rings is 1. The van der Waals surface area contributed by atoms with E-state index in [-0.39, 0.29) is 17.3 Å². The number of hydrogen-bond acceptors (Lipinski definition) is 5. The van der Waals surface area contributed by atoms with E-state index in [1.54, 1.807) is 18.2 Å². The molecule has 0 atom stereocenters. The Hall–Kier alpha value is -2.12. The van der Waals surface area contributed by atoms with Crippen molar-refractivity contribution in [1.82, 2.24) is 4.98 Å². The molecule has 0 aliphatic heterocycles. The van der Waals surface area contributed by atoms with Crippen molar-refractivity contribution in [2.24, 2.45) is 0 Å². The van der Waals surface area contributed by atoms with Crippen molar-refractivity contribution in [2.45, 2.75) is 18.4 Å². The zero-order chi connectivity index (χ0) is 15.5. The van der Waals surface area contributed by atoms with Crippen LogP contribution in [0.3, 0.4) is 0 Å². The van der Waals surface area contributed by atoms with Gasteiger partial charge >= 0.3 is 0 Å². The van der Waals surface area contributed by atoms with Crippen LogP contribution in [0.4, 0.5) is 5.69 Å². The average molecular weight is 308 g/mol. The molecule has 6 nitrogen and oxygen atoms in total. The maximum absolute atomic E-state index is 12.4. The maximum atomic E-state index is 12.4. The molecule has 0 aliphatic carbocycles. The Morgan fingerprint density at radius 3 is 2.62 bits per heavy atom. The van der Waals surface area contributed by atoms with Crippen molar-refractivity contribution in [2.75, 3.05) is 11.8 Å². The van der Waals surface area contributed by atoms with Crippen LogP contribution in [0.1, 0.15) is 11.3 Å². The number of pyridine rings is 1. The van der Waals surface area contributed by atoms with E-state index >= 15 is 0 Å². The quantitative estimate of drug-likeness (QED) is 0.877. The Morgan fingerprint density at radius 1 is 1.29 bits per heavy atom. The molecular formula is C14H16N2O4S. The van der Waals surface area contributed by atoms with Gasteiger partial charge in [0, 0.05) is 5.69 Å². The number of methoxy groups -OCH3 is 1. The first-order valence-electron chi connectivity index (χ1n) is 6.19. The van der Waals surface area contributed by atoms with Gasteiger partial charge in [-0.15, -0.1) is 0 Å². The Morgan fingerprint density at radius 2 is 2.05 bits per heavy atom. The summed E-state index contributed by atoms with van der Waals surface area (Å²) in [6.07, 6.45) is 1.44. The molecule has 0 aliphatic rings. The van der Waals surface area contributed by atoms with Gasteiger partial charge in [0.05, 0.1) is 25.6 Å². The predicted octanol–water partition coefficient (Wildman–Crippen LogP) is 1.69. The first-order chi connectivity index (χ1) is 9.96. The standard InChI is InChI=1S/C14H16N2O4S/c1-10-3-5-12(8-15-10)16-21(18,19)14-7-11(9-17)4-6-13(14)20-2/h3-8,16-17H,9H2,1-2H3. The first-order valence-corrected chi connectivity index (χ1v) is 7.68. The SMILES string of the molecule is COc1ccc(CO)cc1S(=O)(=O)Nc1ccc(C)nc1. The molecule has 2 aromatic rings. The summed E-state index contributed by atoms with van der Waals surface area (Å²) >= 11 is 0. The summed E-state index contributed by atoms with van der Waals surface area (Å²) in [4.78, 5) is 4.00. The summed E-state index contributed by atoms with van der Waals surface area (Å²) in [5.74, 6) is 0.208. The second-order valence-corrected chi connectivity index (χ2v) is 6.09. The van der Waals surface area contributed by atoms with Crippen molar-refractivity contribution in [3.8, 4) is 5.75 Å². The van der Waals surface area contributed by atoms with Crippen LogP contribution in [-0.4, -0.2) is 25.6 Å². The number of anilines is 1. The number of aryl methyl sites for hydroxylation is 1. The van der Waals surface area contributed by atoms with Gasteiger partial charge in [0.1, 0.15) is 10.6 Å². The van der Waals surface area contributed by atoms with E-state index in [4.69, 9.17) is 9.84 Å². The second-order valence-electron chi connectivity index (χ2n) is 4.44. The minimum Gasteiger partial charge on any atom is -0.495 e. The van der Waals surface area contributed by atoms with Gasteiger partial charge < -0.3 is 9.84 Å². The second kappa shape index (κ2) is 6.11. The lowest BCUT2D eigenvalue weighted by Gasteiger charge is -2.12. The summed E-state index contributed by atoms with van der Waals surface area (Å²) < 4.78 is 32.4. The van der Waals surface area contributed by atoms with E-state index in [1.165, 1.54) is 25.4 Å². The highest BCUT2D eigenvalue weighted by Gasteiger charge is 2.20. The number of sulfonamides is 1. The molecule has 0 bridgehead atoms. The number of nitrogens with zero attached hydrogens (tertiary/aromatic N) is 1. The van der Waals surface area contributed by atoms with Crippen molar-refractivity contribution in [1.29, 1.82) is 0 Å². The van der Waals surface area contributed by atoms with Crippen molar-refractivity contribution < 1.29 is 18.3 Å². The minimum atomic E-state index is -3.83. The number of aliphatic hydroxyl groups is 1. The molecule has 0 saturated carbocycles. The fourth-order valence-electron chi connectivity index (χ4n) is 1.77. The molecule has 0 saturated heterocycles. The van der Waals surface area contributed by atoms with Gasteiger partial charge in [0.25, 0.3) is 10.0 Å². The number of aromatic nitrogens is 1. The number of hydrogen-bond donors (Lipinski definition) is 2. The van der Waals surface area contributed by atoms with Crippen LogP contribution >= 0.6 is 0 Å². The van der Waals surface area contributed by atoms with Gasteiger partial charge in [-0.25, -0.2) is 8.42 Å². The van der Waals surface area contributed by atoms with Crippen LogP contribution in [0.15, 0.2) is 41.4 Å². The van der Waals surface area contributed by atoms with Gasteiger partial charge in [-0.1, -0.05) is 6.07 Å². The molecule has 2 N–H and O–H groups in total. The zero-order valence-electron chi connectivity index (χ0n) is 11.7. The number of rotatable bonds is 5. The maximum Gasteiger partial charge on any atom is 0.265 e. The lowest BCUT2D eigenvalue weighted by atomic mass is 10.2. The molecule has 0 unspecified atom stereocenters. The van der Waals surface area contributed by atoms with Crippen LogP contribution in [0.25, 0.3) is 0 Å². The molecule has 21 heavy (non-hydrogen) atoms. The molecule has 0 amide bonds. The largest absolute Gasteiger partial charge is 0.495 e. The molecule has 1 aromatic carbocycles. The van der Waals surface area contributed by atoms with E-state index in [1.807, 2.05) is 6.92 Å². The average Bonchev–Trinajstić information content (AvgIpc) is 2.48. The number of aliphatic hydroxyl groups excluding tert-OH is 1. The van der Waals surface area contributed by atoms with Gasteiger partial charge in [-0.2, -0.15) is 0 Å². The van der Waals surface area contributed by atoms with E-state index in [2.05, 4.69) is 9.71 Å². The molecule has 1 heterocycles. The summed E-state index contributed by atoms with van der Waals surface area (Å²) in [6, 6.07) is 7.82. The molecule has 0 spiro atoms. The molecule has 2 rings (SSSR count). The van der Waals surface area contributed by atoms with Gasteiger partial charge in [0.2, 0.25) is 0 Å². The van der Waals surface area contributed by atoms with Crippen molar-refractivity contribution in [3.63, 3.8) is 0 Å². The van der Waals surface area contributed by atoms with E-state index < -0.39 is 10.0 Å². The Labute approximate surface area is 123 Å². The third-order valence-corrected chi connectivity index (χ3v) is 4.27. The van der Waals surface area contributed by atoms with Gasteiger partial charge in [-0.3, -0.25) is 9.71 Å². The third kappa shape index (κ3) is 3.50. The monoisotopic (exact) mass is 308 g/mol. The molecule has 1 aromatic heterocycles. The number of nitrogens with one attached hydrogen (secondary N) is 1. The summed E-state index contributed by atoms with van der Waals surface area (Å²) in [5.41, 5.74) is 1.63. The van der Waals surface area contributed by atoms with Crippen LogP contribution < -0.4 is 9.46 Å². The summed E-state index contributed by atoms with van der Waals surface area (Å²) in [6.45, 7) is 1.56. The summed E-state index contributed by atoms with van der Waals surface area (Å²) in [7, 11) is -2.44. The highest BCUT2D eigenvalue weighted by atomic mass is 32.2. The van der Waals surface area contributed by atoms with E-state index in [0.29, 0.717) is 11.3 Å². The van der Waals surface area contributed by atoms with Gasteiger partial charge in [-0.05, 0) is 36.8 Å². The van der Waals surface area contributed by atoms with Crippen LogP contribution in [0.2, 0.25) is 0 Å². The minimum absolute atomic E-state index is 0.0304. The zero-order valence-corrected chi connectivity index (χ0v) is 12.5. The third-order valence-electron chi connectivity index (χ3n) is 2.86. The molecular weight excluding hydrogens is 292 g/mol. The van der Waals surface area contributed by atoms with Crippen LogP contribution in [-0.2, 0) is 16.6 Å². The molecule has 0 fully saturated rings. The molecule has 112 valence electrons. The lowest BCUT2D eigenvalue weighted by molar-refractivity contribution is 0.281. The number of ether oxygens (including phenoxy) is 1. The highest BCUT2D eigenvalue weighted by molar-refractivity contribution is 7.92. The summed E-state index contributed by atoms with van der Waals surface area (Å²) in [5, 5.41) is 9.15. The Kier molecular flexibility index (Phi) is 4.44. The Bertz CT molecular complexity index is 727. The van der Waals surface area contributed by atoms with Crippen molar-refractivity contribution >= 4 is 15.7 Å². The Balaban J connectivity index is 2.41. The predicted molar refractivity (Wildman–Crippen MR) is 78.7 cm³/mol. The van der Waals surface area contributed by atoms with Crippen LogP contribution in [0, 0.1) is 6.92 Å². The van der Waals surface area contributed by atoms with E-state index in [9.17, 15) is 8.42 Å². The fourth-order valence-corrected chi connectivity index (χ4v) is 3.03. The lowest BCUT2D eigenvalue weighted by Crippen LogP contribution is -2.14.